The summed E-state index contributed by atoms with van der Waals surface area (Å²) >= 11 is 6.07. The summed E-state index contributed by atoms with van der Waals surface area (Å²) < 4.78 is 10.3. The van der Waals surface area contributed by atoms with Crippen molar-refractivity contribution in [1.82, 2.24) is 10.6 Å². The molecule has 0 aliphatic carbocycles. The molecule has 0 spiro atoms. The van der Waals surface area contributed by atoms with Crippen LogP contribution < -0.4 is 20.1 Å². The van der Waals surface area contributed by atoms with Gasteiger partial charge in [-0.25, -0.2) is 0 Å². The van der Waals surface area contributed by atoms with Crippen molar-refractivity contribution in [2.45, 2.75) is 6.54 Å². The molecule has 1 amide bonds. The number of methoxy groups -OCH3 is 2. The number of hydrogen-bond donors (Lipinski definition) is 2. The van der Waals surface area contributed by atoms with Gasteiger partial charge in [-0.05, 0) is 17.7 Å². The topological polar surface area (TPSA) is 59.6 Å². The third-order valence-corrected chi connectivity index (χ3v) is 2.67. The summed E-state index contributed by atoms with van der Waals surface area (Å²) in [7, 11) is 4.68. The highest BCUT2D eigenvalue weighted by atomic mass is 35.5. The number of benzene rings is 1. The van der Waals surface area contributed by atoms with E-state index in [-0.39, 0.29) is 12.5 Å². The second kappa shape index (κ2) is 7.08. The van der Waals surface area contributed by atoms with Crippen LogP contribution in [0, 0.1) is 0 Å². The van der Waals surface area contributed by atoms with Crippen LogP contribution in [0.3, 0.4) is 0 Å². The fourth-order valence-electron chi connectivity index (χ4n) is 1.48. The molecule has 0 heterocycles. The predicted molar refractivity (Wildman–Crippen MR) is 70.3 cm³/mol. The van der Waals surface area contributed by atoms with Crippen molar-refractivity contribution < 1.29 is 14.3 Å². The molecular formula is C12H17ClN2O3. The van der Waals surface area contributed by atoms with Gasteiger partial charge >= 0.3 is 0 Å². The maximum atomic E-state index is 11.0. The van der Waals surface area contributed by atoms with Crippen LogP contribution in [0.5, 0.6) is 11.5 Å². The Labute approximate surface area is 111 Å². The molecular weight excluding hydrogens is 256 g/mol. The zero-order valence-corrected chi connectivity index (χ0v) is 11.4. The molecule has 0 aromatic heterocycles. The molecule has 0 aliphatic heterocycles. The van der Waals surface area contributed by atoms with Crippen molar-refractivity contribution in [3.8, 4) is 11.5 Å². The number of nitrogens with one attached hydrogen (secondary N) is 2. The molecule has 1 rings (SSSR count). The highest BCUT2D eigenvalue weighted by Crippen LogP contribution is 2.35. The molecule has 18 heavy (non-hydrogen) atoms. The van der Waals surface area contributed by atoms with E-state index in [1.54, 1.807) is 20.2 Å². The first-order valence-corrected chi connectivity index (χ1v) is 5.81. The molecule has 1 aromatic rings. The Balaban J connectivity index is 2.72. The number of hydrogen-bond acceptors (Lipinski definition) is 4. The number of rotatable bonds is 6. The van der Waals surface area contributed by atoms with Gasteiger partial charge in [0.05, 0.1) is 25.8 Å². The van der Waals surface area contributed by atoms with Crippen molar-refractivity contribution >= 4 is 17.5 Å². The fraction of sp³-hybridized carbons (Fsp3) is 0.417. The zero-order chi connectivity index (χ0) is 13.5. The van der Waals surface area contributed by atoms with E-state index in [0.29, 0.717) is 23.1 Å². The third kappa shape index (κ3) is 3.78. The Kier molecular flexibility index (Phi) is 5.74. The fourth-order valence-corrected chi connectivity index (χ4v) is 1.79. The van der Waals surface area contributed by atoms with Crippen LogP contribution in [-0.2, 0) is 11.3 Å². The molecule has 6 heteroatoms. The number of ether oxygens (including phenoxy) is 2. The maximum Gasteiger partial charge on any atom is 0.233 e. The van der Waals surface area contributed by atoms with Gasteiger partial charge in [-0.2, -0.15) is 0 Å². The van der Waals surface area contributed by atoms with Crippen molar-refractivity contribution in [3.05, 3.63) is 22.7 Å². The number of halogens is 1. The van der Waals surface area contributed by atoms with Crippen LogP contribution in [0.1, 0.15) is 5.56 Å². The lowest BCUT2D eigenvalue weighted by atomic mass is 10.2. The largest absolute Gasteiger partial charge is 0.493 e. The molecule has 0 atom stereocenters. The summed E-state index contributed by atoms with van der Waals surface area (Å²) in [5, 5.41) is 6.01. The Bertz CT molecular complexity index is 424. The quantitative estimate of drug-likeness (QED) is 0.817. The highest BCUT2D eigenvalue weighted by Gasteiger charge is 2.10. The Morgan fingerprint density at radius 1 is 1.33 bits per heavy atom. The Morgan fingerprint density at radius 3 is 2.61 bits per heavy atom. The lowest BCUT2D eigenvalue weighted by Crippen LogP contribution is -2.30. The van der Waals surface area contributed by atoms with E-state index < -0.39 is 0 Å². The summed E-state index contributed by atoms with van der Waals surface area (Å²) in [6.07, 6.45) is 0. The average molecular weight is 273 g/mol. The molecule has 0 saturated carbocycles. The first kappa shape index (κ1) is 14.6. The van der Waals surface area contributed by atoms with Gasteiger partial charge in [0.25, 0.3) is 0 Å². The summed E-state index contributed by atoms with van der Waals surface area (Å²) in [6.45, 7) is 0.774. The molecule has 0 unspecified atom stereocenters. The van der Waals surface area contributed by atoms with E-state index in [2.05, 4.69) is 10.6 Å². The molecule has 2 N–H and O–H groups in total. The summed E-state index contributed by atoms with van der Waals surface area (Å²) in [6, 6.07) is 3.60. The summed E-state index contributed by atoms with van der Waals surface area (Å²) in [5.74, 6) is 1.01. The average Bonchev–Trinajstić information content (AvgIpc) is 2.37. The van der Waals surface area contributed by atoms with Gasteiger partial charge in [-0.1, -0.05) is 11.6 Å². The summed E-state index contributed by atoms with van der Waals surface area (Å²) in [4.78, 5) is 11.0. The van der Waals surface area contributed by atoms with E-state index in [4.69, 9.17) is 21.1 Å². The molecule has 0 aliphatic rings. The standard InChI is InChI=1S/C12H17ClN2O3/c1-14-11(16)7-15-6-8-4-9(13)12(18-3)10(5-8)17-2/h4-5,15H,6-7H2,1-3H3,(H,14,16). The van der Waals surface area contributed by atoms with Crippen molar-refractivity contribution in [1.29, 1.82) is 0 Å². The number of carbonyl (C=O) groups excluding carboxylic acids is 1. The van der Waals surface area contributed by atoms with Gasteiger partial charge in [0.1, 0.15) is 0 Å². The van der Waals surface area contributed by atoms with Gasteiger partial charge in [-0.15, -0.1) is 0 Å². The minimum absolute atomic E-state index is 0.0680. The van der Waals surface area contributed by atoms with Gasteiger partial charge in [-0.3, -0.25) is 4.79 Å². The SMILES string of the molecule is CNC(=O)CNCc1cc(Cl)c(OC)c(OC)c1. The normalized spacial score (nSPS) is 10.0. The number of likely N-dealkylation sites (N-methyl/N-ethyl adjacent to an activating group) is 1. The Morgan fingerprint density at radius 2 is 2.06 bits per heavy atom. The van der Waals surface area contributed by atoms with Crippen LogP contribution in [0.2, 0.25) is 5.02 Å². The van der Waals surface area contributed by atoms with Crippen LogP contribution in [0.4, 0.5) is 0 Å². The third-order valence-electron chi connectivity index (χ3n) is 2.39. The second-order valence-electron chi connectivity index (χ2n) is 3.59. The van der Waals surface area contributed by atoms with Crippen molar-refractivity contribution in [2.75, 3.05) is 27.8 Å². The maximum absolute atomic E-state index is 11.0. The first-order chi connectivity index (χ1) is 8.62. The highest BCUT2D eigenvalue weighted by molar-refractivity contribution is 6.32. The van der Waals surface area contributed by atoms with E-state index in [0.717, 1.165) is 5.56 Å². The van der Waals surface area contributed by atoms with Crippen LogP contribution in [0.25, 0.3) is 0 Å². The van der Waals surface area contributed by atoms with Crippen LogP contribution >= 0.6 is 11.6 Å². The lowest BCUT2D eigenvalue weighted by Gasteiger charge is -2.12. The number of carbonyl (C=O) groups is 1. The lowest BCUT2D eigenvalue weighted by molar-refractivity contribution is -0.119. The summed E-state index contributed by atoms with van der Waals surface area (Å²) in [5.41, 5.74) is 0.918. The molecule has 100 valence electrons. The minimum atomic E-state index is -0.0680. The zero-order valence-electron chi connectivity index (χ0n) is 10.7. The predicted octanol–water partition coefficient (Wildman–Crippen LogP) is 1.19. The Hall–Kier alpha value is -1.46. The van der Waals surface area contributed by atoms with Crippen LogP contribution in [-0.4, -0.2) is 33.7 Å². The molecule has 0 radical (unpaired) electrons. The van der Waals surface area contributed by atoms with Gasteiger partial charge in [0, 0.05) is 13.6 Å². The van der Waals surface area contributed by atoms with E-state index in [1.807, 2.05) is 6.07 Å². The second-order valence-corrected chi connectivity index (χ2v) is 4.00. The van der Waals surface area contributed by atoms with Gasteiger partial charge < -0.3 is 20.1 Å². The monoisotopic (exact) mass is 272 g/mol. The molecule has 5 nitrogen and oxygen atoms in total. The first-order valence-electron chi connectivity index (χ1n) is 5.44. The molecule has 1 aromatic carbocycles. The minimum Gasteiger partial charge on any atom is -0.493 e. The van der Waals surface area contributed by atoms with E-state index in [1.165, 1.54) is 7.11 Å². The molecule has 0 fully saturated rings. The van der Waals surface area contributed by atoms with Gasteiger partial charge in [0.15, 0.2) is 11.5 Å². The van der Waals surface area contributed by atoms with Crippen molar-refractivity contribution in [3.63, 3.8) is 0 Å². The smallest absolute Gasteiger partial charge is 0.233 e. The van der Waals surface area contributed by atoms with Crippen molar-refractivity contribution in [2.24, 2.45) is 0 Å². The van der Waals surface area contributed by atoms with Crippen LogP contribution in [0.15, 0.2) is 12.1 Å². The molecule has 0 saturated heterocycles. The van der Waals surface area contributed by atoms with E-state index >= 15 is 0 Å². The van der Waals surface area contributed by atoms with Gasteiger partial charge in [0.2, 0.25) is 5.91 Å². The number of amides is 1. The van der Waals surface area contributed by atoms with E-state index in [9.17, 15) is 4.79 Å². The molecule has 0 bridgehead atoms.